The number of carbonyl (C=O) groups excluding carboxylic acids is 13. The first-order valence-electron chi connectivity index (χ1n) is 33.8. The topological polar surface area (TPSA) is 579 Å². The number of aromatic amines is 1. The van der Waals surface area contributed by atoms with Crippen molar-refractivity contribution in [3.8, 4) is 11.5 Å². The van der Waals surface area contributed by atoms with Crippen LogP contribution in [0.3, 0.4) is 0 Å². The molecule has 3 aromatic carbocycles. The van der Waals surface area contributed by atoms with E-state index < -0.39 is 205 Å². The van der Waals surface area contributed by atoms with E-state index in [4.69, 9.17) is 39.9 Å². The van der Waals surface area contributed by atoms with Gasteiger partial charge < -0.3 is 107 Å². The Morgan fingerprint density at radius 2 is 1.28 bits per heavy atom. The van der Waals surface area contributed by atoms with Gasteiger partial charge in [0.25, 0.3) is 0 Å². The van der Waals surface area contributed by atoms with Crippen molar-refractivity contribution in [2.45, 2.75) is 158 Å². The van der Waals surface area contributed by atoms with E-state index in [0.717, 1.165) is 21.6 Å². The molecule has 0 spiro atoms. The minimum atomic E-state index is -1.77. The fourth-order valence-corrected chi connectivity index (χ4v) is 13.9. The van der Waals surface area contributed by atoms with E-state index in [0.29, 0.717) is 34.0 Å². The summed E-state index contributed by atoms with van der Waals surface area (Å²) in [4.78, 5) is 201. The van der Waals surface area contributed by atoms with Crippen LogP contribution in [-0.2, 0) is 86.4 Å². The lowest BCUT2D eigenvalue weighted by Gasteiger charge is -2.29. The van der Waals surface area contributed by atoms with Gasteiger partial charge in [0.15, 0.2) is 5.96 Å². The van der Waals surface area contributed by atoms with Crippen molar-refractivity contribution in [2.75, 3.05) is 37.7 Å². The fraction of sp³-hybridized carbons (Fsp3) is 0.478. The Balaban J connectivity index is 1.42. The van der Waals surface area contributed by atoms with E-state index in [1.807, 2.05) is 0 Å². The number of aromatic hydroxyl groups is 2. The molecule has 3 heterocycles. The number of halogens is 1. The van der Waals surface area contributed by atoms with Gasteiger partial charge in [0.1, 0.15) is 71.9 Å². The van der Waals surface area contributed by atoms with Gasteiger partial charge in [0.05, 0.1) is 0 Å². The molecule has 2 aliphatic heterocycles. The predicted octanol–water partition coefficient (Wildman–Crippen LogP) is -2.60. The van der Waals surface area contributed by atoms with Crippen molar-refractivity contribution in [3.05, 3.63) is 94.6 Å². The van der Waals surface area contributed by atoms with E-state index in [9.17, 15) is 77.6 Å². The highest BCUT2D eigenvalue weighted by atomic mass is 35.5. The molecule has 0 saturated carbocycles. The second kappa shape index (κ2) is 41.2. The molecule has 570 valence electrons. The van der Waals surface area contributed by atoms with Crippen LogP contribution in [0.25, 0.3) is 10.9 Å². The van der Waals surface area contributed by atoms with E-state index in [2.05, 4.69) is 63.5 Å². The van der Waals surface area contributed by atoms with Crippen LogP contribution in [0.1, 0.15) is 94.7 Å². The Kier molecular flexibility index (Phi) is 32.8. The number of carboxylic acids is 1. The van der Waals surface area contributed by atoms with Crippen LogP contribution >= 0.6 is 33.2 Å². The van der Waals surface area contributed by atoms with Crippen molar-refractivity contribution in [1.29, 1.82) is 5.41 Å². The van der Waals surface area contributed by atoms with Gasteiger partial charge in [-0.1, -0.05) is 71.3 Å². The molecule has 2 aliphatic rings. The third-order valence-corrected chi connectivity index (χ3v) is 19.7. The number of benzene rings is 3. The molecule has 0 radical (unpaired) electrons. The first-order chi connectivity index (χ1) is 49.9. The van der Waals surface area contributed by atoms with Gasteiger partial charge in [-0.3, -0.25) is 72.5 Å². The summed E-state index contributed by atoms with van der Waals surface area (Å²) in [7, 11) is 1.67. The van der Waals surface area contributed by atoms with Crippen LogP contribution in [0, 0.1) is 11.3 Å². The number of carboxylic acid groups (broad SMARTS) is 1. The highest BCUT2D eigenvalue weighted by Gasteiger charge is 2.39. The van der Waals surface area contributed by atoms with Crippen LogP contribution in [0.4, 0.5) is 0 Å². The first kappa shape index (κ1) is 83.5. The number of phenols is 2. The smallest absolute Gasteiger partial charge is 0.303 e. The molecule has 35 nitrogen and oxygen atoms in total. The van der Waals surface area contributed by atoms with Crippen LogP contribution in [0.5, 0.6) is 11.5 Å². The van der Waals surface area contributed by atoms with Gasteiger partial charge in [-0.05, 0) is 104 Å². The average molecular weight is 1520 g/mol. The number of nitrogens with two attached hydrogens (primary N) is 4. The quantitative estimate of drug-likeness (QED) is 0.0148. The normalized spacial score (nSPS) is 22.1. The largest absolute Gasteiger partial charge is 0.508 e. The summed E-state index contributed by atoms with van der Waals surface area (Å²) in [5, 5.41) is 67.2. The number of nitrogens with zero attached hydrogens (tertiary/aromatic N) is 1. The van der Waals surface area contributed by atoms with Crippen molar-refractivity contribution in [2.24, 2.45) is 28.9 Å². The third kappa shape index (κ3) is 27.0. The van der Waals surface area contributed by atoms with Gasteiger partial charge in [0, 0.05) is 105 Å². The van der Waals surface area contributed by atoms with Crippen molar-refractivity contribution < 1.29 is 82.4 Å². The third-order valence-electron chi connectivity index (χ3n) is 17.0. The Morgan fingerprint density at radius 3 is 1.90 bits per heavy atom. The summed E-state index contributed by atoms with van der Waals surface area (Å²) in [5.74, 6) is -15.7. The Bertz CT molecular complexity index is 3800. The number of aromatic nitrogens is 1. The number of phenolic OH excluding ortho intramolecular Hbond substituents is 2. The van der Waals surface area contributed by atoms with Crippen LogP contribution in [0.2, 0.25) is 5.02 Å². The van der Waals surface area contributed by atoms with Crippen molar-refractivity contribution >= 4 is 133 Å². The van der Waals surface area contributed by atoms with E-state index in [1.165, 1.54) is 59.6 Å². The summed E-state index contributed by atoms with van der Waals surface area (Å²) in [6, 6.07) is 0.644. The summed E-state index contributed by atoms with van der Waals surface area (Å²) in [5.41, 5.74) is 24.3. The number of hydrogen-bond acceptors (Lipinski definition) is 20. The number of amides is 13. The highest BCUT2D eigenvalue weighted by molar-refractivity contribution is 8.76. The monoisotopic (exact) mass is 1520 g/mol. The van der Waals surface area contributed by atoms with E-state index in [1.54, 1.807) is 32.0 Å². The highest BCUT2D eigenvalue weighted by Crippen LogP contribution is 2.27. The number of rotatable bonds is 24. The molecular weight excluding hydrogens is 1430 g/mol. The zero-order chi connectivity index (χ0) is 77.0. The van der Waals surface area contributed by atoms with Crippen molar-refractivity contribution in [3.63, 3.8) is 0 Å². The molecule has 2 saturated heterocycles. The number of nitrogens with one attached hydrogen (secondary N) is 13. The van der Waals surface area contributed by atoms with Gasteiger partial charge in [0.2, 0.25) is 76.8 Å². The molecule has 6 rings (SSSR count). The minimum Gasteiger partial charge on any atom is -0.508 e. The molecule has 0 aliphatic carbocycles. The zero-order valence-corrected chi connectivity index (χ0v) is 60.1. The van der Waals surface area contributed by atoms with Gasteiger partial charge in [-0.25, -0.2) is 0 Å². The predicted molar refractivity (Wildman–Crippen MR) is 387 cm³/mol. The SMILES string of the molecule is CC(C)[C@@H]1NC(=O)[C@@H](NC(=O)[C@H](Cc2ccc(O)cc2)NC(=O)[C@@H]2CCCN2C(=O)CCN)CSSC[C@@H](C(N)=O)NC(=O)[C@H](CCC(=O)O)NC(=O)[C@H](Cc2c[nH]c3ccc(Cl)cc23)NC(=O)[C@@H](CCC(N)=O)NC(=O)CCNC(=O)[C@H](CCCNC(=N)N)NC(=O)[C@H](Cc2ccc(O)cc2)NC1=O. The lowest BCUT2D eigenvalue weighted by molar-refractivity contribution is -0.139. The van der Waals surface area contributed by atoms with Gasteiger partial charge in [-0.15, -0.1) is 0 Å². The van der Waals surface area contributed by atoms with E-state index >= 15 is 4.79 Å². The molecule has 24 N–H and O–H groups in total. The molecule has 1 aromatic heterocycles. The lowest BCUT2D eigenvalue weighted by atomic mass is 10.00. The van der Waals surface area contributed by atoms with Crippen LogP contribution in [-0.4, -0.2) is 212 Å². The number of H-pyrrole nitrogens is 1. The molecule has 0 unspecified atom stereocenters. The molecular formula is C67H91ClN18O17S2. The Hall–Kier alpha value is -10.4. The molecule has 38 heteroatoms. The molecule has 2 fully saturated rings. The van der Waals surface area contributed by atoms with Crippen molar-refractivity contribution in [1.82, 2.24) is 68.4 Å². The zero-order valence-electron chi connectivity index (χ0n) is 57.7. The second-order valence-corrected chi connectivity index (χ2v) is 28.4. The summed E-state index contributed by atoms with van der Waals surface area (Å²) in [6.45, 7) is 2.92. The molecule has 10 atom stereocenters. The summed E-state index contributed by atoms with van der Waals surface area (Å²) in [6.07, 6.45) is -1.61. The molecule has 0 bridgehead atoms. The fourth-order valence-electron chi connectivity index (χ4n) is 11.4. The van der Waals surface area contributed by atoms with Gasteiger partial charge >= 0.3 is 5.97 Å². The maximum Gasteiger partial charge on any atom is 0.303 e. The number of guanidine groups is 1. The maximum atomic E-state index is 15.0. The Morgan fingerprint density at radius 1 is 0.686 bits per heavy atom. The molecule has 13 amide bonds. The summed E-state index contributed by atoms with van der Waals surface area (Å²) < 4.78 is 0. The molecule has 4 aromatic rings. The average Bonchev–Trinajstić information content (AvgIpc) is 1.69. The number of primary amides is 2. The minimum absolute atomic E-state index is 0.00340. The van der Waals surface area contributed by atoms with Gasteiger partial charge in [-0.2, -0.15) is 0 Å². The Labute approximate surface area is 616 Å². The maximum absolute atomic E-state index is 15.0. The van der Waals surface area contributed by atoms with Crippen LogP contribution < -0.4 is 81.4 Å². The number of carbonyl (C=O) groups is 14. The van der Waals surface area contributed by atoms with E-state index in [-0.39, 0.29) is 81.1 Å². The first-order valence-corrected chi connectivity index (χ1v) is 36.7. The molecule has 105 heavy (non-hydrogen) atoms. The van der Waals surface area contributed by atoms with Crippen LogP contribution in [0.15, 0.2) is 72.9 Å². The second-order valence-electron chi connectivity index (χ2n) is 25.4. The number of aliphatic carboxylic acids is 1. The lowest BCUT2D eigenvalue weighted by Crippen LogP contribution is -2.61. The summed E-state index contributed by atoms with van der Waals surface area (Å²) >= 11 is 6.37. The standard InChI is InChI=1S/C67H91ClN18O17S2/c1-34(2)56-66(103)82-47(28-36-9-14-40(88)15-10-36)61(98)78-43(5-3-24-75-67(72)73)58(95)74-25-22-53(90)77-44(17-19-52(70)89)59(96)80-48(29-37-31-76-42-16-11-38(68)30-41(37)42)63(100)79-45(18-20-55(92)93)60(97)83-49(57(71)94)32-104-105-33-50(64(101)85-56)84-62(99)46(27-35-7-12-39(87)13-8-35)81-65(102)51-6-4-26-86(51)54(91)21-23-69/h7-16,30-31,34,43-51,56,76,87-88H,3-6,17-29,32-33,69H2,1-2H3,(H2,70,89)(H2,71,94)(H,74,95)(H,77,90)(H,78,98)(H,79,100)(H,80,96)(H,81,102)(H,82,103)(H,83,97)(H,84,99)(H,85,101)(H,92,93)(H4,72,73,75)/t43-,44+,45-,46-,47-,48-,49-,50-,51-,56-/m0/s1. The number of likely N-dealkylation sites (tertiary alicyclic amines) is 1. The number of fused-ring (bicyclic) bond motifs is 1. The number of hydrogen-bond donors (Lipinski definition) is 20.